The van der Waals surface area contributed by atoms with Gasteiger partial charge < -0.3 is 9.84 Å². The van der Waals surface area contributed by atoms with E-state index in [0.717, 1.165) is 0 Å². The van der Waals surface area contributed by atoms with Gasteiger partial charge in [0, 0.05) is 12.2 Å². The zero-order chi connectivity index (χ0) is 13.5. The van der Waals surface area contributed by atoms with E-state index in [4.69, 9.17) is 5.11 Å². The van der Waals surface area contributed by atoms with Crippen LogP contribution in [0, 0.1) is 0 Å². The van der Waals surface area contributed by atoms with Crippen molar-refractivity contribution in [1.82, 2.24) is 0 Å². The minimum absolute atomic E-state index is 0.264. The van der Waals surface area contributed by atoms with E-state index in [2.05, 4.69) is 4.74 Å². The fourth-order valence-corrected chi connectivity index (χ4v) is 0.998. The van der Waals surface area contributed by atoms with E-state index in [9.17, 15) is 22.8 Å². The molecule has 0 aliphatic heterocycles. The second-order valence-electron chi connectivity index (χ2n) is 3.28. The van der Waals surface area contributed by atoms with Gasteiger partial charge >= 0.3 is 18.1 Å². The maximum absolute atomic E-state index is 12.4. The lowest BCUT2D eigenvalue weighted by Gasteiger charge is -2.19. The highest BCUT2D eigenvalue weighted by Gasteiger charge is 2.41. The van der Waals surface area contributed by atoms with Gasteiger partial charge in [-0.15, -0.1) is 0 Å². The van der Waals surface area contributed by atoms with Gasteiger partial charge in [-0.2, -0.15) is 13.2 Å². The molecule has 0 heterocycles. The Hall–Kier alpha value is -1.53. The Balaban J connectivity index is 4.43. The van der Waals surface area contributed by atoms with Crippen LogP contribution in [0.25, 0.3) is 0 Å². The smallest absolute Gasteiger partial charge is 0.425 e. The normalized spacial score (nSPS) is 13.6. The van der Waals surface area contributed by atoms with Crippen LogP contribution in [0.5, 0.6) is 0 Å². The highest BCUT2D eigenvalue weighted by Crippen LogP contribution is 2.26. The monoisotopic (exact) mass is 254 g/mol. The van der Waals surface area contributed by atoms with Gasteiger partial charge in [-0.05, 0) is 12.8 Å². The standard InChI is InChI=1S/C10H13F3O4/c1-2-3-4-7(10(11,12)13)17-9(16)6-5-8(14)15/h5-7H,2-4H2,1H3,(H,14,15). The highest BCUT2D eigenvalue weighted by molar-refractivity contribution is 5.90. The predicted molar refractivity (Wildman–Crippen MR) is 52.2 cm³/mol. The lowest BCUT2D eigenvalue weighted by Crippen LogP contribution is -2.33. The van der Waals surface area contributed by atoms with Crippen molar-refractivity contribution in [1.29, 1.82) is 0 Å². The van der Waals surface area contributed by atoms with Crippen LogP contribution >= 0.6 is 0 Å². The molecule has 0 radical (unpaired) electrons. The molecule has 0 spiro atoms. The second-order valence-corrected chi connectivity index (χ2v) is 3.28. The summed E-state index contributed by atoms with van der Waals surface area (Å²) in [6.45, 7) is 1.71. The molecule has 0 amide bonds. The van der Waals surface area contributed by atoms with E-state index in [-0.39, 0.29) is 12.8 Å². The Morgan fingerprint density at radius 2 is 1.94 bits per heavy atom. The molecule has 0 aromatic rings. The van der Waals surface area contributed by atoms with Gasteiger partial charge in [0.25, 0.3) is 0 Å². The highest BCUT2D eigenvalue weighted by atomic mass is 19.4. The number of hydrogen-bond donors (Lipinski definition) is 1. The zero-order valence-electron chi connectivity index (χ0n) is 9.16. The number of ether oxygens (including phenoxy) is 1. The quantitative estimate of drug-likeness (QED) is 0.583. The number of carbonyl (C=O) groups is 2. The fourth-order valence-electron chi connectivity index (χ4n) is 0.998. The zero-order valence-corrected chi connectivity index (χ0v) is 9.16. The summed E-state index contributed by atoms with van der Waals surface area (Å²) in [6.07, 6.45) is -5.47. The molecule has 0 saturated heterocycles. The first-order chi connectivity index (χ1) is 7.77. The van der Waals surface area contributed by atoms with E-state index in [1.807, 2.05) is 0 Å². The van der Waals surface area contributed by atoms with Gasteiger partial charge in [0.2, 0.25) is 0 Å². The molecule has 0 aliphatic rings. The van der Waals surface area contributed by atoms with Gasteiger partial charge in [-0.1, -0.05) is 13.3 Å². The number of unbranched alkanes of at least 4 members (excludes halogenated alkanes) is 1. The summed E-state index contributed by atoms with van der Waals surface area (Å²) in [5, 5.41) is 8.18. The van der Waals surface area contributed by atoms with E-state index in [1.165, 1.54) is 0 Å². The molecule has 0 saturated carbocycles. The lowest BCUT2D eigenvalue weighted by molar-refractivity contribution is -0.220. The van der Waals surface area contributed by atoms with Gasteiger partial charge in [0.15, 0.2) is 6.10 Å². The Bertz CT molecular complexity index is 296. The number of carboxylic acids is 1. The Kier molecular flexibility index (Phi) is 6.30. The molecule has 0 aliphatic carbocycles. The first-order valence-corrected chi connectivity index (χ1v) is 4.95. The molecule has 4 nitrogen and oxygen atoms in total. The van der Waals surface area contributed by atoms with Crippen molar-refractivity contribution < 1.29 is 32.6 Å². The largest absolute Gasteiger partial charge is 0.478 e. The number of hydrogen-bond acceptors (Lipinski definition) is 3. The molecule has 0 aromatic heterocycles. The summed E-state index contributed by atoms with van der Waals surface area (Å²) in [5.74, 6) is -2.75. The van der Waals surface area contributed by atoms with Gasteiger partial charge in [-0.25, -0.2) is 9.59 Å². The summed E-state index contributed by atoms with van der Waals surface area (Å²) in [7, 11) is 0. The minimum Gasteiger partial charge on any atom is -0.478 e. The Morgan fingerprint density at radius 3 is 2.35 bits per heavy atom. The SMILES string of the molecule is CCCCC(OC(=O)C=CC(=O)O)C(F)(F)F. The molecule has 0 rings (SSSR count). The molecular weight excluding hydrogens is 241 g/mol. The van der Waals surface area contributed by atoms with Crippen molar-refractivity contribution in [2.45, 2.75) is 38.5 Å². The molecule has 98 valence electrons. The fraction of sp³-hybridized carbons (Fsp3) is 0.600. The molecule has 7 heteroatoms. The summed E-state index contributed by atoms with van der Waals surface area (Å²) in [6, 6.07) is 0. The van der Waals surface area contributed by atoms with Gasteiger partial charge in [0.1, 0.15) is 0 Å². The first kappa shape index (κ1) is 15.5. The lowest BCUT2D eigenvalue weighted by atomic mass is 10.1. The molecule has 0 fully saturated rings. The maximum atomic E-state index is 12.4. The van der Waals surface area contributed by atoms with Crippen LogP contribution in [0.15, 0.2) is 12.2 Å². The van der Waals surface area contributed by atoms with Crippen molar-refractivity contribution in [2.24, 2.45) is 0 Å². The number of aliphatic carboxylic acids is 1. The number of esters is 1. The summed E-state index contributed by atoms with van der Waals surface area (Å²) >= 11 is 0. The van der Waals surface area contributed by atoms with E-state index >= 15 is 0 Å². The summed E-state index contributed by atoms with van der Waals surface area (Å²) in [5.41, 5.74) is 0. The topological polar surface area (TPSA) is 63.6 Å². The molecule has 1 unspecified atom stereocenters. The van der Waals surface area contributed by atoms with Gasteiger partial charge in [-0.3, -0.25) is 0 Å². The average molecular weight is 254 g/mol. The van der Waals surface area contributed by atoms with Crippen molar-refractivity contribution in [3.05, 3.63) is 12.2 Å². The number of halogens is 3. The van der Waals surface area contributed by atoms with E-state index in [0.29, 0.717) is 18.6 Å². The molecule has 0 bridgehead atoms. The molecule has 1 atom stereocenters. The molecule has 0 aromatic carbocycles. The third kappa shape index (κ3) is 7.37. The van der Waals surface area contributed by atoms with Crippen LogP contribution in [0.2, 0.25) is 0 Å². The molecule has 1 N–H and O–H groups in total. The number of carboxylic acid groups (broad SMARTS) is 1. The van der Waals surface area contributed by atoms with Crippen LogP contribution in [-0.2, 0) is 14.3 Å². The van der Waals surface area contributed by atoms with Crippen LogP contribution in [0.4, 0.5) is 13.2 Å². The molecular formula is C10H13F3O4. The van der Waals surface area contributed by atoms with Crippen molar-refractivity contribution in [3.8, 4) is 0 Å². The Morgan fingerprint density at radius 1 is 1.35 bits per heavy atom. The predicted octanol–water partition coefficient (Wildman–Crippen LogP) is 2.29. The number of rotatable bonds is 6. The number of carbonyl (C=O) groups excluding carboxylic acids is 1. The second kappa shape index (κ2) is 6.93. The van der Waals surface area contributed by atoms with Crippen LogP contribution in [-0.4, -0.2) is 29.3 Å². The number of alkyl halides is 3. The Labute approximate surface area is 96.1 Å². The molecule has 17 heavy (non-hydrogen) atoms. The van der Waals surface area contributed by atoms with E-state index in [1.54, 1.807) is 6.92 Å². The van der Waals surface area contributed by atoms with Crippen LogP contribution in [0.3, 0.4) is 0 Å². The van der Waals surface area contributed by atoms with Crippen molar-refractivity contribution in [2.75, 3.05) is 0 Å². The summed E-state index contributed by atoms with van der Waals surface area (Å²) in [4.78, 5) is 20.9. The van der Waals surface area contributed by atoms with Crippen LogP contribution in [0.1, 0.15) is 26.2 Å². The minimum atomic E-state index is -4.64. The van der Waals surface area contributed by atoms with Crippen LogP contribution < -0.4 is 0 Å². The van der Waals surface area contributed by atoms with Crippen molar-refractivity contribution in [3.63, 3.8) is 0 Å². The third-order valence-corrected chi connectivity index (χ3v) is 1.81. The van der Waals surface area contributed by atoms with Gasteiger partial charge in [0.05, 0.1) is 0 Å². The average Bonchev–Trinajstić information content (AvgIpc) is 2.19. The first-order valence-electron chi connectivity index (χ1n) is 4.95. The van der Waals surface area contributed by atoms with E-state index < -0.39 is 24.2 Å². The maximum Gasteiger partial charge on any atom is 0.425 e. The third-order valence-electron chi connectivity index (χ3n) is 1.81. The summed E-state index contributed by atoms with van der Waals surface area (Å²) < 4.78 is 41.3. The van der Waals surface area contributed by atoms with Crippen molar-refractivity contribution >= 4 is 11.9 Å².